The zero-order valence-electron chi connectivity index (χ0n) is 13.1. The smallest absolute Gasteiger partial charge is 0.308 e. The van der Waals surface area contributed by atoms with Gasteiger partial charge in [0.25, 0.3) is 5.56 Å². The maximum atomic E-state index is 13.4. The lowest BCUT2D eigenvalue weighted by atomic mass is 10.1. The van der Waals surface area contributed by atoms with Gasteiger partial charge in [-0.05, 0) is 24.6 Å². The van der Waals surface area contributed by atoms with Gasteiger partial charge in [-0.25, -0.2) is 22.0 Å². The Morgan fingerprint density at radius 1 is 1.31 bits per heavy atom. The molecular weight excluding hydrogens is 400 g/mol. The number of nitrogens with one attached hydrogen (secondary N) is 1. The van der Waals surface area contributed by atoms with Crippen molar-refractivity contribution < 1.29 is 35.9 Å². The molecule has 0 amide bonds. The van der Waals surface area contributed by atoms with Crippen LogP contribution in [0, 0.1) is 6.07 Å². The molecule has 0 aliphatic heterocycles. The van der Waals surface area contributed by atoms with E-state index >= 15 is 0 Å². The number of pyridine rings is 1. The second-order valence-electron chi connectivity index (χ2n) is 5.22. The molecule has 0 saturated heterocycles. The molecule has 1 heterocycles. The van der Waals surface area contributed by atoms with Crippen molar-refractivity contribution in [2.24, 2.45) is 0 Å². The number of aromatic nitrogens is 1. The molecule has 1 radical (unpaired) electrons. The van der Waals surface area contributed by atoms with Gasteiger partial charge in [0.2, 0.25) is 10.0 Å². The Morgan fingerprint density at radius 2 is 1.92 bits per heavy atom. The lowest BCUT2D eigenvalue weighted by molar-refractivity contribution is -0.139. The van der Waals surface area contributed by atoms with E-state index in [0.29, 0.717) is 12.5 Å². The van der Waals surface area contributed by atoms with E-state index in [1.165, 1.54) is 0 Å². The van der Waals surface area contributed by atoms with E-state index in [2.05, 4.69) is 0 Å². The fourth-order valence-electron chi connectivity index (χ4n) is 2.21. The van der Waals surface area contributed by atoms with Crippen molar-refractivity contribution in [1.29, 1.82) is 0 Å². The molecule has 1 aromatic carbocycles. The molecule has 0 bridgehead atoms. The number of hydrogen-bond donors (Lipinski definition) is 3. The van der Waals surface area contributed by atoms with Gasteiger partial charge in [-0.1, -0.05) is 6.92 Å². The van der Waals surface area contributed by atoms with Gasteiger partial charge in [0.15, 0.2) is 0 Å². The third-order valence-electron chi connectivity index (χ3n) is 3.30. The number of fused-ring (bicyclic) bond motifs is 1. The van der Waals surface area contributed by atoms with Gasteiger partial charge < -0.3 is 9.79 Å². The standard InChI is InChI=1S/C13H13F3N2O6PS/c1-2-5-17-26(23,24)11-6-8-3-4-12(19)18(25(20,21)22)10(8)7-9(11)13(14,15)16/h3,6-7,17H,2,5H2,1H3,(H2,20,21,22). The topological polar surface area (TPSA) is 126 Å². The summed E-state index contributed by atoms with van der Waals surface area (Å²) in [5.74, 6) is 0. The summed E-state index contributed by atoms with van der Waals surface area (Å²) in [5, 5.41) is -0.308. The predicted octanol–water partition coefficient (Wildman–Crippen LogP) is 1.45. The highest BCUT2D eigenvalue weighted by Gasteiger charge is 2.38. The highest BCUT2D eigenvalue weighted by molar-refractivity contribution is 7.89. The number of halogens is 3. The van der Waals surface area contributed by atoms with Gasteiger partial charge >= 0.3 is 13.9 Å². The van der Waals surface area contributed by atoms with Crippen LogP contribution in [-0.2, 0) is 20.8 Å². The van der Waals surface area contributed by atoms with Gasteiger partial charge in [-0.2, -0.15) is 13.2 Å². The summed E-state index contributed by atoms with van der Waals surface area (Å²) >= 11 is 0. The normalized spacial score (nSPS) is 13.3. The van der Waals surface area contributed by atoms with Crippen molar-refractivity contribution in [1.82, 2.24) is 9.06 Å². The van der Waals surface area contributed by atoms with Crippen LogP contribution in [0.15, 0.2) is 27.9 Å². The summed E-state index contributed by atoms with van der Waals surface area (Å²) in [5.41, 5.74) is -3.76. The third kappa shape index (κ3) is 3.99. The molecule has 0 saturated carbocycles. The maximum Gasteiger partial charge on any atom is 0.437 e. The molecule has 8 nitrogen and oxygen atoms in total. The van der Waals surface area contributed by atoms with Crippen LogP contribution >= 0.6 is 7.75 Å². The SMILES string of the molecule is CCCNS(=O)(=O)c1cc2c[c]c(=O)n(P(=O)(O)O)c2cc1C(F)(F)F. The van der Waals surface area contributed by atoms with Crippen LogP contribution in [-0.4, -0.2) is 29.1 Å². The van der Waals surface area contributed by atoms with Gasteiger partial charge in [0, 0.05) is 11.9 Å². The third-order valence-corrected chi connectivity index (χ3v) is 5.72. The van der Waals surface area contributed by atoms with E-state index in [0.717, 1.165) is 6.07 Å². The van der Waals surface area contributed by atoms with E-state index in [1.54, 1.807) is 6.92 Å². The predicted molar refractivity (Wildman–Crippen MR) is 85.0 cm³/mol. The summed E-state index contributed by atoms with van der Waals surface area (Å²) in [6.45, 7) is 1.51. The van der Waals surface area contributed by atoms with Gasteiger partial charge in [-0.3, -0.25) is 4.79 Å². The molecule has 0 spiro atoms. The minimum atomic E-state index is -5.31. The van der Waals surface area contributed by atoms with Gasteiger partial charge in [0.05, 0.1) is 22.0 Å². The summed E-state index contributed by atoms with van der Waals surface area (Å²) in [6.07, 6.45) is -4.82. The lowest BCUT2D eigenvalue weighted by Crippen LogP contribution is -2.27. The van der Waals surface area contributed by atoms with Crippen LogP contribution in [0.3, 0.4) is 0 Å². The van der Waals surface area contributed by atoms with Crippen LogP contribution in [0.2, 0.25) is 0 Å². The first-order valence-corrected chi connectivity index (χ1v) is 10.1. The molecule has 2 aromatic rings. The molecular formula is C13H13F3N2O6PS. The summed E-state index contributed by atoms with van der Waals surface area (Å²) in [7, 11) is -9.86. The molecule has 1 aromatic heterocycles. The Morgan fingerprint density at radius 3 is 2.42 bits per heavy atom. The van der Waals surface area contributed by atoms with Crippen LogP contribution in [0.4, 0.5) is 13.2 Å². The average molecular weight is 413 g/mol. The van der Waals surface area contributed by atoms with Crippen LogP contribution in [0.1, 0.15) is 18.9 Å². The maximum absolute atomic E-state index is 13.4. The summed E-state index contributed by atoms with van der Waals surface area (Å²) in [4.78, 5) is 29.0. The average Bonchev–Trinajstić information content (AvgIpc) is 2.49. The van der Waals surface area contributed by atoms with E-state index in [4.69, 9.17) is 0 Å². The number of rotatable bonds is 5. The second-order valence-corrected chi connectivity index (χ2v) is 8.38. The summed E-state index contributed by atoms with van der Waals surface area (Å²) < 4.78 is 77.9. The van der Waals surface area contributed by atoms with Crippen molar-refractivity contribution in [3.8, 4) is 0 Å². The van der Waals surface area contributed by atoms with E-state index in [-0.39, 0.29) is 22.3 Å². The minimum absolute atomic E-state index is 0.105. The zero-order chi connectivity index (χ0) is 19.9. The highest BCUT2D eigenvalue weighted by atomic mass is 32.2. The van der Waals surface area contributed by atoms with Crippen molar-refractivity contribution >= 4 is 28.7 Å². The van der Waals surface area contributed by atoms with Gasteiger partial charge in [-0.15, -0.1) is 0 Å². The minimum Gasteiger partial charge on any atom is -0.308 e. The van der Waals surface area contributed by atoms with E-state index in [9.17, 15) is 40.7 Å². The Bertz CT molecular complexity index is 1060. The molecule has 2 rings (SSSR count). The van der Waals surface area contributed by atoms with E-state index in [1.807, 2.05) is 10.8 Å². The number of hydrogen-bond acceptors (Lipinski definition) is 4. The molecule has 13 heteroatoms. The first kappa shape index (κ1) is 20.6. The quantitative estimate of drug-likeness (QED) is 0.637. The largest absolute Gasteiger partial charge is 0.437 e. The highest BCUT2D eigenvalue weighted by Crippen LogP contribution is 2.41. The molecule has 26 heavy (non-hydrogen) atoms. The van der Waals surface area contributed by atoms with Crippen molar-refractivity contribution in [3.05, 3.63) is 40.2 Å². The Labute approximate surface area is 145 Å². The molecule has 0 atom stereocenters. The fraction of sp³-hybridized carbons (Fsp3) is 0.308. The van der Waals surface area contributed by atoms with Crippen molar-refractivity contribution in [3.63, 3.8) is 0 Å². The zero-order valence-corrected chi connectivity index (χ0v) is 14.8. The van der Waals surface area contributed by atoms with E-state index < -0.39 is 45.5 Å². The molecule has 0 aliphatic carbocycles. The Kier molecular flexibility index (Phi) is 5.37. The first-order chi connectivity index (χ1) is 11.8. The molecule has 0 unspecified atom stereocenters. The van der Waals surface area contributed by atoms with Gasteiger partial charge in [0.1, 0.15) is 0 Å². The Hall–Kier alpha value is -1.72. The first-order valence-electron chi connectivity index (χ1n) is 7.04. The van der Waals surface area contributed by atoms with Crippen molar-refractivity contribution in [2.75, 3.05) is 6.54 Å². The number of sulfonamides is 1. The van der Waals surface area contributed by atoms with Crippen LogP contribution in [0.5, 0.6) is 0 Å². The molecule has 3 N–H and O–H groups in total. The van der Waals surface area contributed by atoms with Crippen molar-refractivity contribution in [2.45, 2.75) is 24.4 Å². The van der Waals surface area contributed by atoms with Crippen LogP contribution in [0.25, 0.3) is 10.9 Å². The monoisotopic (exact) mass is 413 g/mol. The number of benzene rings is 1. The molecule has 143 valence electrons. The fourth-order valence-corrected chi connectivity index (χ4v) is 4.33. The summed E-state index contributed by atoms with van der Waals surface area (Å²) in [6, 6.07) is 3.63. The number of alkyl halides is 3. The lowest BCUT2D eigenvalue weighted by Gasteiger charge is -2.17. The Balaban J connectivity index is 2.95. The van der Waals surface area contributed by atoms with Crippen LogP contribution < -0.4 is 10.3 Å². The molecule has 0 aliphatic rings. The second kappa shape index (κ2) is 6.78. The number of nitrogens with zero attached hydrogens (tertiary/aromatic N) is 1. The molecule has 0 fully saturated rings.